The maximum Gasteiger partial charge on any atom is 0.331 e. The SMILES string of the molecule is O=C(Cn1c(=O)n(Cc2ccc(Cl)cc2)c2c(N3CCOCC3)nc(Cl)nc21)Nc1ccc(Cl)cc1. The molecule has 1 amide bonds. The lowest BCUT2D eigenvalue weighted by atomic mass is 10.2. The molecule has 0 atom stereocenters. The molecule has 0 radical (unpaired) electrons. The van der Waals surface area contributed by atoms with Gasteiger partial charge in [0.1, 0.15) is 12.1 Å². The zero-order valence-corrected chi connectivity index (χ0v) is 21.2. The minimum absolute atomic E-state index is 0.0144. The number of rotatable bonds is 6. The Morgan fingerprint density at radius 1 is 0.917 bits per heavy atom. The van der Waals surface area contributed by atoms with E-state index in [4.69, 9.17) is 39.5 Å². The number of nitrogens with zero attached hydrogens (tertiary/aromatic N) is 5. The molecule has 9 nitrogen and oxygen atoms in total. The van der Waals surface area contributed by atoms with Gasteiger partial charge in [-0.05, 0) is 53.6 Å². The Labute approximate surface area is 221 Å². The second kappa shape index (κ2) is 10.5. The maximum atomic E-state index is 13.7. The van der Waals surface area contributed by atoms with Crippen molar-refractivity contribution in [2.24, 2.45) is 0 Å². The molecule has 0 bridgehead atoms. The summed E-state index contributed by atoms with van der Waals surface area (Å²) in [6.07, 6.45) is 0. The number of carbonyl (C=O) groups is 1. The van der Waals surface area contributed by atoms with E-state index in [0.29, 0.717) is 53.4 Å². The van der Waals surface area contributed by atoms with Crippen molar-refractivity contribution in [2.45, 2.75) is 13.1 Å². The largest absolute Gasteiger partial charge is 0.378 e. The van der Waals surface area contributed by atoms with Crippen LogP contribution in [0.5, 0.6) is 0 Å². The monoisotopic (exact) mass is 546 g/mol. The van der Waals surface area contributed by atoms with Gasteiger partial charge in [-0.2, -0.15) is 9.97 Å². The van der Waals surface area contributed by atoms with Crippen LogP contribution in [0.1, 0.15) is 5.56 Å². The fraction of sp³-hybridized carbons (Fsp3) is 0.250. The van der Waals surface area contributed by atoms with Crippen molar-refractivity contribution in [3.63, 3.8) is 0 Å². The molecule has 2 aromatic carbocycles. The summed E-state index contributed by atoms with van der Waals surface area (Å²) in [6.45, 7) is 2.19. The highest BCUT2D eigenvalue weighted by Gasteiger charge is 2.25. The van der Waals surface area contributed by atoms with E-state index in [1.807, 2.05) is 17.0 Å². The molecule has 1 aliphatic rings. The van der Waals surface area contributed by atoms with Gasteiger partial charge in [0.2, 0.25) is 11.2 Å². The Morgan fingerprint density at radius 2 is 1.56 bits per heavy atom. The molecule has 1 N–H and O–H groups in total. The highest BCUT2D eigenvalue weighted by atomic mass is 35.5. The fourth-order valence-electron chi connectivity index (χ4n) is 4.10. The Kier molecular flexibility index (Phi) is 7.15. The Bertz CT molecular complexity index is 1460. The van der Waals surface area contributed by atoms with Gasteiger partial charge in [0.05, 0.1) is 19.8 Å². The first-order valence-electron chi connectivity index (χ1n) is 11.2. The number of nitrogens with one attached hydrogen (secondary N) is 1. The van der Waals surface area contributed by atoms with E-state index in [-0.39, 0.29) is 24.0 Å². The number of aromatic nitrogens is 4. The highest BCUT2D eigenvalue weighted by molar-refractivity contribution is 6.31. The van der Waals surface area contributed by atoms with Crippen molar-refractivity contribution in [3.8, 4) is 0 Å². The second-order valence-corrected chi connectivity index (χ2v) is 9.44. The summed E-state index contributed by atoms with van der Waals surface area (Å²) in [7, 11) is 0. The number of anilines is 2. The van der Waals surface area contributed by atoms with Gasteiger partial charge >= 0.3 is 5.69 Å². The van der Waals surface area contributed by atoms with Crippen molar-refractivity contribution < 1.29 is 9.53 Å². The van der Waals surface area contributed by atoms with Gasteiger partial charge in [0.15, 0.2) is 11.5 Å². The summed E-state index contributed by atoms with van der Waals surface area (Å²) >= 11 is 18.3. The molecule has 0 unspecified atom stereocenters. The molecule has 4 aromatic rings. The van der Waals surface area contributed by atoms with E-state index >= 15 is 0 Å². The van der Waals surface area contributed by atoms with Gasteiger partial charge in [-0.15, -0.1) is 0 Å². The minimum Gasteiger partial charge on any atom is -0.378 e. The molecule has 3 heterocycles. The lowest BCUT2D eigenvalue weighted by Crippen LogP contribution is -2.37. The standard InChI is InChI=1S/C24H21Cl3N6O3/c25-16-3-1-15(2-4-16)13-32-20-21(31-9-11-36-12-10-31)29-23(27)30-22(20)33(24(32)35)14-19(34)28-18-7-5-17(26)6-8-18/h1-8H,9-14H2,(H,28,34). The summed E-state index contributed by atoms with van der Waals surface area (Å²) in [5, 5.41) is 3.91. The van der Waals surface area contributed by atoms with Gasteiger partial charge < -0.3 is 15.0 Å². The van der Waals surface area contributed by atoms with Crippen LogP contribution in [-0.4, -0.2) is 51.3 Å². The number of fused-ring (bicyclic) bond motifs is 1. The number of hydrogen-bond acceptors (Lipinski definition) is 6. The van der Waals surface area contributed by atoms with Gasteiger partial charge in [0, 0.05) is 28.8 Å². The first-order chi connectivity index (χ1) is 17.4. The van der Waals surface area contributed by atoms with Crippen LogP contribution in [0.2, 0.25) is 15.3 Å². The number of hydrogen-bond donors (Lipinski definition) is 1. The Balaban J connectivity index is 1.59. The third-order valence-electron chi connectivity index (χ3n) is 5.80. The van der Waals surface area contributed by atoms with Gasteiger partial charge in [-0.3, -0.25) is 13.9 Å². The van der Waals surface area contributed by atoms with E-state index in [1.165, 1.54) is 4.57 Å². The summed E-state index contributed by atoms with van der Waals surface area (Å²) in [5.74, 6) is 0.129. The normalized spacial score (nSPS) is 13.8. The van der Waals surface area contributed by atoms with Crippen molar-refractivity contribution in [1.29, 1.82) is 0 Å². The van der Waals surface area contributed by atoms with Crippen molar-refractivity contribution in [1.82, 2.24) is 19.1 Å². The van der Waals surface area contributed by atoms with Crippen LogP contribution in [0.15, 0.2) is 53.3 Å². The van der Waals surface area contributed by atoms with Crippen molar-refractivity contribution in [3.05, 3.63) is 79.9 Å². The third-order valence-corrected chi connectivity index (χ3v) is 6.47. The molecular weight excluding hydrogens is 527 g/mol. The van der Waals surface area contributed by atoms with E-state index in [0.717, 1.165) is 5.56 Å². The third kappa shape index (κ3) is 5.19. The number of halogens is 3. The first-order valence-corrected chi connectivity index (χ1v) is 12.3. The number of ether oxygens (including phenoxy) is 1. The van der Waals surface area contributed by atoms with E-state index < -0.39 is 11.6 Å². The topological polar surface area (TPSA) is 94.3 Å². The molecule has 5 rings (SSSR count). The smallest absolute Gasteiger partial charge is 0.331 e. The molecule has 0 aliphatic carbocycles. The van der Waals surface area contributed by atoms with E-state index in [9.17, 15) is 9.59 Å². The number of amides is 1. The van der Waals surface area contributed by atoms with Crippen LogP contribution < -0.4 is 15.9 Å². The predicted octanol–water partition coefficient (Wildman–Crippen LogP) is 4.08. The number of benzene rings is 2. The van der Waals surface area contributed by atoms with Crippen LogP contribution >= 0.6 is 34.8 Å². The zero-order valence-electron chi connectivity index (χ0n) is 19.0. The molecule has 1 aliphatic heterocycles. The molecule has 1 saturated heterocycles. The summed E-state index contributed by atoms with van der Waals surface area (Å²) in [6, 6.07) is 13.9. The quantitative estimate of drug-likeness (QED) is 0.366. The van der Waals surface area contributed by atoms with Gasteiger partial charge in [0.25, 0.3) is 0 Å². The molecule has 2 aromatic heterocycles. The van der Waals surface area contributed by atoms with E-state index in [2.05, 4.69) is 15.3 Å². The molecule has 36 heavy (non-hydrogen) atoms. The highest BCUT2D eigenvalue weighted by Crippen LogP contribution is 2.27. The summed E-state index contributed by atoms with van der Waals surface area (Å²) in [5.41, 5.74) is 1.79. The van der Waals surface area contributed by atoms with Crippen LogP contribution in [0.4, 0.5) is 11.5 Å². The average Bonchev–Trinajstić information content (AvgIpc) is 3.12. The molecule has 0 saturated carbocycles. The lowest BCUT2D eigenvalue weighted by molar-refractivity contribution is -0.116. The number of carbonyl (C=O) groups excluding carboxylic acids is 1. The average molecular weight is 548 g/mol. The molecule has 12 heteroatoms. The molecule has 0 spiro atoms. The Hall–Kier alpha value is -3.11. The van der Waals surface area contributed by atoms with Gasteiger partial charge in [-0.1, -0.05) is 35.3 Å². The van der Waals surface area contributed by atoms with Crippen molar-refractivity contribution in [2.75, 3.05) is 36.5 Å². The maximum absolute atomic E-state index is 13.7. The summed E-state index contributed by atoms with van der Waals surface area (Å²) in [4.78, 5) is 37.4. The van der Waals surface area contributed by atoms with Crippen LogP contribution in [-0.2, 0) is 22.6 Å². The summed E-state index contributed by atoms with van der Waals surface area (Å²) < 4.78 is 8.36. The zero-order chi connectivity index (χ0) is 25.2. The number of morpholine rings is 1. The van der Waals surface area contributed by atoms with E-state index in [1.54, 1.807) is 41.0 Å². The van der Waals surface area contributed by atoms with Crippen LogP contribution in [0, 0.1) is 0 Å². The predicted molar refractivity (Wildman–Crippen MR) is 140 cm³/mol. The molecular formula is C24H21Cl3N6O3. The van der Waals surface area contributed by atoms with Crippen molar-refractivity contribution >= 4 is 63.4 Å². The Morgan fingerprint density at radius 3 is 2.22 bits per heavy atom. The lowest BCUT2D eigenvalue weighted by Gasteiger charge is -2.28. The molecule has 186 valence electrons. The van der Waals surface area contributed by atoms with Crippen LogP contribution in [0.3, 0.4) is 0 Å². The molecule has 1 fully saturated rings. The van der Waals surface area contributed by atoms with Gasteiger partial charge in [-0.25, -0.2) is 4.79 Å². The van der Waals surface area contributed by atoms with Crippen LogP contribution in [0.25, 0.3) is 11.2 Å². The second-order valence-electron chi connectivity index (χ2n) is 8.22. The number of imidazole rings is 1. The minimum atomic E-state index is -0.405. The fourth-order valence-corrected chi connectivity index (χ4v) is 4.51. The first kappa shape index (κ1) is 24.6.